The number of benzene rings is 1. The Kier molecular flexibility index (Phi) is 4.43. The van der Waals surface area contributed by atoms with E-state index in [2.05, 4.69) is 40.0 Å². The fourth-order valence-corrected chi connectivity index (χ4v) is 2.92. The molecule has 0 aliphatic rings. The number of nitrogens with one attached hydrogen (secondary N) is 1. The van der Waals surface area contributed by atoms with Gasteiger partial charge in [-0.25, -0.2) is 0 Å². The maximum absolute atomic E-state index is 5.67. The van der Waals surface area contributed by atoms with Crippen LogP contribution in [0.1, 0.15) is 17.7 Å². The Balaban J connectivity index is 1.55. The van der Waals surface area contributed by atoms with Crippen LogP contribution in [0.25, 0.3) is 11.5 Å². The van der Waals surface area contributed by atoms with Gasteiger partial charge in [0.2, 0.25) is 11.8 Å². The zero-order valence-electron chi connectivity index (χ0n) is 11.8. The van der Waals surface area contributed by atoms with Gasteiger partial charge in [0.1, 0.15) is 0 Å². The van der Waals surface area contributed by atoms with Crippen LogP contribution in [0, 0.1) is 0 Å². The summed E-state index contributed by atoms with van der Waals surface area (Å²) in [6, 6.07) is 14.4. The number of aromatic nitrogens is 2. The summed E-state index contributed by atoms with van der Waals surface area (Å²) < 4.78 is 5.67. The molecule has 0 bridgehead atoms. The average molecular weight is 299 g/mol. The van der Waals surface area contributed by atoms with E-state index in [4.69, 9.17) is 4.42 Å². The molecule has 3 aromatic rings. The molecule has 0 amide bonds. The molecule has 0 saturated carbocycles. The van der Waals surface area contributed by atoms with Crippen molar-refractivity contribution >= 4 is 11.3 Å². The van der Waals surface area contributed by atoms with Crippen molar-refractivity contribution in [2.45, 2.75) is 25.9 Å². The van der Waals surface area contributed by atoms with Crippen molar-refractivity contribution in [3.63, 3.8) is 0 Å². The Morgan fingerprint density at radius 3 is 2.76 bits per heavy atom. The van der Waals surface area contributed by atoms with E-state index in [1.165, 1.54) is 4.88 Å². The smallest absolute Gasteiger partial charge is 0.247 e. The molecule has 108 valence electrons. The lowest BCUT2D eigenvalue weighted by Gasteiger charge is -2.10. The molecule has 3 rings (SSSR count). The van der Waals surface area contributed by atoms with E-state index >= 15 is 0 Å². The molecule has 1 aromatic carbocycles. The quantitative estimate of drug-likeness (QED) is 0.756. The van der Waals surface area contributed by atoms with Gasteiger partial charge >= 0.3 is 0 Å². The molecule has 0 radical (unpaired) electrons. The minimum atomic E-state index is 0.371. The Bertz CT molecular complexity index is 664. The highest BCUT2D eigenvalue weighted by atomic mass is 32.1. The van der Waals surface area contributed by atoms with Crippen LogP contribution in [-0.4, -0.2) is 16.2 Å². The van der Waals surface area contributed by atoms with Gasteiger partial charge in [-0.05, 0) is 36.9 Å². The topological polar surface area (TPSA) is 51.0 Å². The van der Waals surface area contributed by atoms with E-state index in [-0.39, 0.29) is 0 Å². The molecule has 1 N–H and O–H groups in total. The Morgan fingerprint density at radius 1 is 1.14 bits per heavy atom. The number of rotatable bonds is 6. The van der Waals surface area contributed by atoms with Gasteiger partial charge < -0.3 is 9.73 Å². The molecule has 4 nitrogen and oxygen atoms in total. The first-order valence-corrected chi connectivity index (χ1v) is 7.83. The molecular formula is C16H17N3OS. The first-order chi connectivity index (χ1) is 10.3. The van der Waals surface area contributed by atoms with Crippen molar-refractivity contribution in [1.82, 2.24) is 15.5 Å². The summed E-state index contributed by atoms with van der Waals surface area (Å²) in [5.74, 6) is 1.19. The third-order valence-corrected chi connectivity index (χ3v) is 4.08. The average Bonchev–Trinajstić information content (AvgIpc) is 3.17. The Labute approximate surface area is 127 Å². The van der Waals surface area contributed by atoms with Gasteiger partial charge in [-0.15, -0.1) is 21.5 Å². The lowest BCUT2D eigenvalue weighted by atomic mass is 10.2. The summed E-state index contributed by atoms with van der Waals surface area (Å²) in [7, 11) is 0. The van der Waals surface area contributed by atoms with E-state index in [9.17, 15) is 0 Å². The van der Waals surface area contributed by atoms with Crippen LogP contribution in [0.3, 0.4) is 0 Å². The normalized spacial score (nSPS) is 12.4. The summed E-state index contributed by atoms with van der Waals surface area (Å²) in [4.78, 5) is 1.38. The SMILES string of the molecule is CC(Cc1cccs1)NCc1nnc(-c2ccccc2)o1. The summed E-state index contributed by atoms with van der Waals surface area (Å²) >= 11 is 1.78. The molecule has 21 heavy (non-hydrogen) atoms. The summed E-state index contributed by atoms with van der Waals surface area (Å²) in [5, 5.41) is 13.7. The van der Waals surface area contributed by atoms with Crippen LogP contribution < -0.4 is 5.32 Å². The Morgan fingerprint density at radius 2 is 2.00 bits per heavy atom. The number of hydrogen-bond donors (Lipinski definition) is 1. The highest BCUT2D eigenvalue weighted by molar-refractivity contribution is 7.09. The largest absolute Gasteiger partial charge is 0.419 e. The van der Waals surface area contributed by atoms with Crippen LogP contribution in [0.15, 0.2) is 52.3 Å². The van der Waals surface area contributed by atoms with Gasteiger partial charge in [0.15, 0.2) is 0 Å². The summed E-state index contributed by atoms with van der Waals surface area (Å²) in [5.41, 5.74) is 0.947. The van der Waals surface area contributed by atoms with Crippen molar-refractivity contribution in [3.05, 3.63) is 58.6 Å². The third-order valence-electron chi connectivity index (χ3n) is 3.18. The van der Waals surface area contributed by atoms with Crippen molar-refractivity contribution in [3.8, 4) is 11.5 Å². The molecule has 0 spiro atoms. The van der Waals surface area contributed by atoms with Gasteiger partial charge in [-0.3, -0.25) is 0 Å². The van der Waals surface area contributed by atoms with Crippen molar-refractivity contribution in [1.29, 1.82) is 0 Å². The van der Waals surface area contributed by atoms with Gasteiger partial charge in [-0.2, -0.15) is 0 Å². The van der Waals surface area contributed by atoms with Gasteiger partial charge in [0.05, 0.1) is 6.54 Å². The highest BCUT2D eigenvalue weighted by Gasteiger charge is 2.10. The first kappa shape index (κ1) is 14.0. The van der Waals surface area contributed by atoms with E-state index in [0.29, 0.717) is 24.4 Å². The second-order valence-electron chi connectivity index (χ2n) is 4.93. The van der Waals surface area contributed by atoms with Gasteiger partial charge in [0, 0.05) is 16.5 Å². The third kappa shape index (κ3) is 3.77. The van der Waals surface area contributed by atoms with Crippen LogP contribution in [0.5, 0.6) is 0 Å². The summed E-state index contributed by atoms with van der Waals surface area (Å²) in [6.45, 7) is 2.75. The Hall–Kier alpha value is -1.98. The maximum atomic E-state index is 5.67. The van der Waals surface area contributed by atoms with E-state index in [1.54, 1.807) is 11.3 Å². The van der Waals surface area contributed by atoms with E-state index in [0.717, 1.165) is 12.0 Å². The van der Waals surface area contributed by atoms with Crippen molar-refractivity contribution in [2.75, 3.05) is 0 Å². The van der Waals surface area contributed by atoms with Gasteiger partial charge in [-0.1, -0.05) is 24.3 Å². The van der Waals surface area contributed by atoms with E-state index in [1.807, 2.05) is 30.3 Å². The first-order valence-electron chi connectivity index (χ1n) is 6.95. The molecule has 0 aliphatic heterocycles. The molecule has 5 heteroatoms. The monoisotopic (exact) mass is 299 g/mol. The standard InChI is InChI=1S/C16H17N3OS/c1-12(10-14-8-5-9-21-14)17-11-15-18-19-16(20-15)13-6-3-2-4-7-13/h2-9,12,17H,10-11H2,1H3. The zero-order chi connectivity index (χ0) is 14.5. The molecule has 1 atom stereocenters. The predicted molar refractivity (Wildman–Crippen MR) is 84.1 cm³/mol. The van der Waals surface area contributed by atoms with Crippen molar-refractivity contribution in [2.24, 2.45) is 0 Å². The maximum Gasteiger partial charge on any atom is 0.247 e. The number of hydrogen-bond acceptors (Lipinski definition) is 5. The molecule has 1 unspecified atom stereocenters. The second kappa shape index (κ2) is 6.65. The molecule has 0 saturated heterocycles. The van der Waals surface area contributed by atoms with Crippen LogP contribution in [-0.2, 0) is 13.0 Å². The van der Waals surface area contributed by atoms with Crippen LogP contribution in [0.4, 0.5) is 0 Å². The molecular weight excluding hydrogens is 282 g/mol. The van der Waals surface area contributed by atoms with E-state index < -0.39 is 0 Å². The van der Waals surface area contributed by atoms with Crippen LogP contribution in [0.2, 0.25) is 0 Å². The summed E-state index contributed by atoms with van der Waals surface area (Å²) in [6.07, 6.45) is 1.01. The second-order valence-corrected chi connectivity index (χ2v) is 5.96. The molecule has 0 fully saturated rings. The lowest BCUT2D eigenvalue weighted by molar-refractivity contribution is 0.448. The lowest BCUT2D eigenvalue weighted by Crippen LogP contribution is -2.27. The fraction of sp³-hybridized carbons (Fsp3) is 0.250. The van der Waals surface area contributed by atoms with Crippen LogP contribution >= 0.6 is 11.3 Å². The number of nitrogens with zero attached hydrogens (tertiary/aromatic N) is 2. The predicted octanol–water partition coefficient (Wildman–Crippen LogP) is 3.52. The highest BCUT2D eigenvalue weighted by Crippen LogP contribution is 2.17. The minimum absolute atomic E-state index is 0.371. The minimum Gasteiger partial charge on any atom is -0.419 e. The van der Waals surface area contributed by atoms with Crippen molar-refractivity contribution < 1.29 is 4.42 Å². The van der Waals surface area contributed by atoms with Gasteiger partial charge in [0.25, 0.3) is 0 Å². The fourth-order valence-electron chi connectivity index (χ4n) is 2.09. The molecule has 2 aromatic heterocycles. The zero-order valence-corrected chi connectivity index (χ0v) is 12.6. The number of thiophene rings is 1. The molecule has 0 aliphatic carbocycles. The molecule has 2 heterocycles.